The van der Waals surface area contributed by atoms with Gasteiger partial charge in [0.15, 0.2) is 0 Å². The van der Waals surface area contributed by atoms with Gasteiger partial charge in [-0.05, 0) is 64.2 Å². The van der Waals surface area contributed by atoms with Crippen LogP contribution in [0.25, 0.3) is 0 Å². The smallest absolute Gasteiger partial charge is 0.329 e. The lowest BCUT2D eigenvalue weighted by Gasteiger charge is -2.32. The number of hydrogen-bond acceptors (Lipinski definition) is 8. The number of nitrogens with zero attached hydrogens (tertiary/aromatic N) is 4. The number of ether oxygens (including phenoxy) is 2. The van der Waals surface area contributed by atoms with Crippen LogP contribution in [0.4, 0.5) is 0 Å². The molecule has 4 rings (SSSR count). The van der Waals surface area contributed by atoms with Crippen molar-refractivity contribution in [3.63, 3.8) is 0 Å². The Hall–Kier alpha value is -3.28. The van der Waals surface area contributed by atoms with E-state index in [0.29, 0.717) is 51.1 Å². The molecule has 3 aliphatic heterocycles. The van der Waals surface area contributed by atoms with Crippen molar-refractivity contribution in [2.45, 2.75) is 91.3 Å². The van der Waals surface area contributed by atoms with Crippen LogP contribution in [0.2, 0.25) is 0 Å². The number of hydrogen-bond donors (Lipinski definition) is 1. The first-order valence-corrected chi connectivity index (χ1v) is 18.2. The number of morpholine rings is 1. The topological polar surface area (TPSA) is 112 Å². The Morgan fingerprint density at radius 3 is 2.18 bits per heavy atom. The Kier molecular flexibility index (Phi) is 19.8. The van der Waals surface area contributed by atoms with Gasteiger partial charge in [-0.25, -0.2) is 4.79 Å². The van der Waals surface area contributed by atoms with E-state index in [1.54, 1.807) is 24.9 Å². The Bertz CT molecular complexity index is 1150. The fourth-order valence-electron chi connectivity index (χ4n) is 6.15. The van der Waals surface area contributed by atoms with Gasteiger partial charge in [-0.3, -0.25) is 19.3 Å². The Labute approximate surface area is 295 Å². The number of nitrogens with one attached hydrogen (secondary N) is 1. The zero-order valence-electron chi connectivity index (χ0n) is 31.2. The maximum absolute atomic E-state index is 13.5. The summed E-state index contributed by atoms with van der Waals surface area (Å²) in [6, 6.07) is 8.68. The van der Waals surface area contributed by atoms with E-state index in [9.17, 15) is 19.2 Å². The molecule has 1 aromatic carbocycles. The molecule has 276 valence electrons. The Morgan fingerprint density at radius 2 is 1.63 bits per heavy atom. The number of likely N-dealkylation sites (tertiary alicyclic amines) is 2. The summed E-state index contributed by atoms with van der Waals surface area (Å²) < 4.78 is 11.5. The molecule has 11 nitrogen and oxygen atoms in total. The maximum atomic E-state index is 13.5. The first-order chi connectivity index (χ1) is 23.5. The van der Waals surface area contributed by atoms with Crippen molar-refractivity contribution in [2.75, 3.05) is 73.1 Å². The second kappa shape index (κ2) is 23.2. The number of piperidine rings is 1. The molecule has 11 heteroatoms. The predicted octanol–water partition coefficient (Wildman–Crippen LogP) is 4.29. The van der Waals surface area contributed by atoms with Crippen LogP contribution in [0.15, 0.2) is 42.0 Å². The van der Waals surface area contributed by atoms with Gasteiger partial charge >= 0.3 is 5.97 Å². The molecule has 0 radical (unpaired) electrons. The number of rotatable bonds is 12. The zero-order chi connectivity index (χ0) is 36.2. The summed E-state index contributed by atoms with van der Waals surface area (Å²) in [7, 11) is 3.85. The van der Waals surface area contributed by atoms with Gasteiger partial charge in [0.2, 0.25) is 18.2 Å². The van der Waals surface area contributed by atoms with Gasteiger partial charge in [0.05, 0.1) is 25.8 Å². The van der Waals surface area contributed by atoms with Gasteiger partial charge in [0.1, 0.15) is 12.1 Å². The number of benzene rings is 1. The van der Waals surface area contributed by atoms with Gasteiger partial charge < -0.3 is 29.5 Å². The molecule has 49 heavy (non-hydrogen) atoms. The summed E-state index contributed by atoms with van der Waals surface area (Å²) in [6.45, 7) is 16.3. The van der Waals surface area contributed by atoms with E-state index < -0.39 is 18.1 Å². The summed E-state index contributed by atoms with van der Waals surface area (Å²) in [4.78, 5) is 57.8. The molecule has 0 aliphatic carbocycles. The number of esters is 1. The molecular weight excluding hydrogens is 622 g/mol. The van der Waals surface area contributed by atoms with Gasteiger partial charge in [-0.2, -0.15) is 0 Å². The lowest BCUT2D eigenvalue weighted by atomic mass is 9.99. The van der Waals surface area contributed by atoms with Crippen LogP contribution >= 0.6 is 0 Å². The van der Waals surface area contributed by atoms with Crippen molar-refractivity contribution < 1.29 is 28.7 Å². The third kappa shape index (κ3) is 14.6. The average molecular weight is 686 g/mol. The molecule has 3 aliphatic rings. The van der Waals surface area contributed by atoms with Crippen molar-refractivity contribution in [3.8, 4) is 0 Å². The third-order valence-corrected chi connectivity index (χ3v) is 8.94. The van der Waals surface area contributed by atoms with Crippen molar-refractivity contribution >= 4 is 24.2 Å². The van der Waals surface area contributed by atoms with E-state index in [2.05, 4.69) is 36.0 Å². The highest BCUT2D eigenvalue weighted by molar-refractivity contribution is 5.96. The largest absolute Gasteiger partial charge is 0.455 e. The number of likely N-dealkylation sites (N-methyl/N-ethyl adjacent to an activating group) is 1. The lowest BCUT2D eigenvalue weighted by Crippen LogP contribution is -2.45. The van der Waals surface area contributed by atoms with Crippen molar-refractivity contribution in [1.29, 1.82) is 0 Å². The van der Waals surface area contributed by atoms with Crippen LogP contribution in [-0.2, 0) is 28.7 Å². The molecule has 3 heterocycles. The second-order valence-corrected chi connectivity index (χ2v) is 13.6. The summed E-state index contributed by atoms with van der Waals surface area (Å²) in [5, 5.41) is 2.39. The third-order valence-electron chi connectivity index (χ3n) is 8.94. The van der Waals surface area contributed by atoms with E-state index in [1.807, 2.05) is 44.2 Å². The van der Waals surface area contributed by atoms with Crippen molar-refractivity contribution in [2.24, 2.45) is 5.92 Å². The minimum atomic E-state index is -0.662. The molecular formula is C38H63N5O6. The molecule has 0 bridgehead atoms. The van der Waals surface area contributed by atoms with Crippen molar-refractivity contribution in [1.82, 2.24) is 24.9 Å². The average Bonchev–Trinajstić information content (AvgIpc) is 3.60. The molecule has 1 N–H and O–H groups in total. The fourth-order valence-corrected chi connectivity index (χ4v) is 6.15. The van der Waals surface area contributed by atoms with Crippen LogP contribution < -0.4 is 5.32 Å². The molecule has 1 aromatic rings. The normalized spacial score (nSPS) is 19.8. The molecule has 1 unspecified atom stereocenters. The van der Waals surface area contributed by atoms with Gasteiger partial charge in [-0.1, -0.05) is 76.9 Å². The monoisotopic (exact) mass is 685 g/mol. The van der Waals surface area contributed by atoms with Gasteiger partial charge in [0, 0.05) is 38.8 Å². The summed E-state index contributed by atoms with van der Waals surface area (Å²) in [5.41, 5.74) is 1.38. The van der Waals surface area contributed by atoms with Crippen LogP contribution in [0.5, 0.6) is 0 Å². The van der Waals surface area contributed by atoms with Crippen molar-refractivity contribution in [3.05, 3.63) is 47.5 Å². The molecule has 0 saturated carbocycles. The van der Waals surface area contributed by atoms with E-state index in [4.69, 9.17) is 9.47 Å². The number of carbonyl (C=O) groups excluding carboxylic acids is 4. The highest BCUT2D eigenvalue weighted by Gasteiger charge is 2.37. The number of carbonyl (C=O) groups is 4. The van der Waals surface area contributed by atoms with Crippen LogP contribution in [-0.4, -0.2) is 129 Å². The summed E-state index contributed by atoms with van der Waals surface area (Å²) in [5.74, 6) is -0.865. The summed E-state index contributed by atoms with van der Waals surface area (Å²) >= 11 is 0. The number of amides is 3. The predicted molar refractivity (Wildman–Crippen MR) is 194 cm³/mol. The molecule has 0 spiro atoms. The van der Waals surface area contributed by atoms with Gasteiger partial charge in [0.25, 0.3) is 0 Å². The van der Waals surface area contributed by atoms with Crippen LogP contribution in [0.1, 0.15) is 84.8 Å². The Balaban J connectivity index is 0.000000718. The first kappa shape index (κ1) is 41.9. The SMILES string of the molecule is C/C(=C\[C@H](C(C)C)N(C)C(=O)CNC=O)C(=O)N1CCC[C@H]1C(=O)OC(CN1CCOCC1)c1ccccc1.CCC.CN1CCCCC1. The molecule has 0 aromatic heterocycles. The van der Waals surface area contributed by atoms with Gasteiger partial charge in [-0.15, -0.1) is 0 Å². The molecule has 3 fully saturated rings. The molecule has 3 saturated heterocycles. The second-order valence-electron chi connectivity index (χ2n) is 13.6. The highest BCUT2D eigenvalue weighted by atomic mass is 16.5. The molecule has 3 amide bonds. The minimum absolute atomic E-state index is 0.0316. The van der Waals surface area contributed by atoms with E-state index >= 15 is 0 Å². The molecule has 3 atom stereocenters. The quantitative estimate of drug-likeness (QED) is 0.197. The van der Waals surface area contributed by atoms with E-state index in [1.165, 1.54) is 43.7 Å². The van der Waals surface area contributed by atoms with Crippen LogP contribution in [0, 0.1) is 5.92 Å². The Morgan fingerprint density at radius 1 is 1.00 bits per heavy atom. The first-order valence-electron chi connectivity index (χ1n) is 18.2. The van der Waals surface area contributed by atoms with E-state index in [-0.39, 0.29) is 30.3 Å². The highest BCUT2D eigenvalue weighted by Crippen LogP contribution is 2.26. The summed E-state index contributed by atoms with van der Waals surface area (Å²) in [6.07, 6.45) is 8.59. The van der Waals surface area contributed by atoms with E-state index in [0.717, 1.165) is 18.7 Å². The maximum Gasteiger partial charge on any atom is 0.329 e. The van der Waals surface area contributed by atoms with Crippen LogP contribution in [0.3, 0.4) is 0 Å². The zero-order valence-corrected chi connectivity index (χ0v) is 31.2. The lowest BCUT2D eigenvalue weighted by molar-refractivity contribution is -0.159. The minimum Gasteiger partial charge on any atom is -0.455 e. The standard InChI is InChI=1S/C29H42N4O6.C6H13N.C3H8/c1-21(2)25(31(4)27(35)18-30-20-34)17-22(3)28(36)33-12-8-11-24(33)29(37)39-26(23-9-6-5-7-10-23)19-32-13-15-38-16-14-32;1-7-5-3-2-4-6-7;1-3-2/h5-7,9-10,17,20-21,24-26H,8,11-16,18-19H2,1-4H3,(H,30,34);2-6H2,1H3;3H2,1-2H3/b22-17+;;/t24-,25+,26?;;/m0../s1. The fraction of sp³-hybridized carbons (Fsp3) is 0.684.